The van der Waals surface area contributed by atoms with Crippen LogP contribution in [0.4, 0.5) is 0 Å². The molecule has 6 nitrogen and oxygen atoms in total. The van der Waals surface area contributed by atoms with E-state index in [1.165, 1.54) is 14.2 Å². The van der Waals surface area contributed by atoms with E-state index in [1.54, 1.807) is 24.6 Å². The highest BCUT2D eigenvalue weighted by Gasteiger charge is 2.14. The van der Waals surface area contributed by atoms with Crippen LogP contribution in [0.3, 0.4) is 0 Å². The van der Waals surface area contributed by atoms with E-state index in [2.05, 4.69) is 0 Å². The fraction of sp³-hybridized carbons (Fsp3) is 0.263. The number of aryl methyl sites for hydroxylation is 2. The van der Waals surface area contributed by atoms with E-state index in [0.717, 1.165) is 22.3 Å². The van der Waals surface area contributed by atoms with Crippen molar-refractivity contribution in [1.29, 1.82) is 10.5 Å². The molecule has 0 radical (unpaired) electrons. The molecule has 0 bridgehead atoms. The van der Waals surface area contributed by atoms with Crippen molar-refractivity contribution < 1.29 is 18.9 Å². The highest BCUT2D eigenvalue weighted by molar-refractivity contribution is 5.52. The van der Waals surface area contributed by atoms with Crippen LogP contribution in [0.25, 0.3) is 0 Å². The Kier molecular flexibility index (Phi) is 5.71. The van der Waals surface area contributed by atoms with Gasteiger partial charge in [-0.05, 0) is 66.8 Å². The van der Waals surface area contributed by atoms with Crippen LogP contribution in [0.15, 0.2) is 24.3 Å². The Morgan fingerprint density at radius 1 is 0.720 bits per heavy atom. The molecule has 0 fully saturated rings. The van der Waals surface area contributed by atoms with E-state index in [4.69, 9.17) is 29.5 Å². The van der Waals surface area contributed by atoms with Crippen LogP contribution in [0.2, 0.25) is 0 Å². The minimum Gasteiger partial charge on any atom is -0.493 e. The highest BCUT2D eigenvalue weighted by atomic mass is 16.5. The maximum atomic E-state index is 8.80. The van der Waals surface area contributed by atoms with Gasteiger partial charge in [-0.2, -0.15) is 0 Å². The van der Waals surface area contributed by atoms with Gasteiger partial charge >= 0.3 is 0 Å². The predicted molar refractivity (Wildman–Crippen MR) is 90.8 cm³/mol. The van der Waals surface area contributed by atoms with Gasteiger partial charge in [0.05, 0.1) is 14.2 Å². The Morgan fingerprint density at radius 3 is 1.44 bits per heavy atom. The van der Waals surface area contributed by atoms with Crippen molar-refractivity contribution in [1.82, 2.24) is 0 Å². The van der Waals surface area contributed by atoms with Crippen molar-refractivity contribution in [3.8, 4) is 35.5 Å². The van der Waals surface area contributed by atoms with Gasteiger partial charge < -0.3 is 18.9 Å². The van der Waals surface area contributed by atoms with Crippen molar-refractivity contribution >= 4 is 0 Å². The Bertz CT molecular complexity index is 792. The summed E-state index contributed by atoms with van der Waals surface area (Å²) in [5, 5.41) is 17.6. The van der Waals surface area contributed by atoms with Crippen molar-refractivity contribution in [3.05, 3.63) is 46.5 Å². The molecule has 0 aliphatic heterocycles. The molecule has 0 N–H and O–H groups in total. The first kappa shape index (κ1) is 18.0. The first-order valence-electron chi connectivity index (χ1n) is 7.50. The molecule has 0 aliphatic carbocycles. The topological polar surface area (TPSA) is 84.5 Å². The Labute approximate surface area is 146 Å². The van der Waals surface area contributed by atoms with Crippen molar-refractivity contribution in [2.75, 3.05) is 14.2 Å². The number of ether oxygens (including phenoxy) is 4. The third kappa shape index (κ3) is 3.94. The quantitative estimate of drug-likeness (QED) is 0.748. The summed E-state index contributed by atoms with van der Waals surface area (Å²) in [5.41, 5.74) is 3.95. The van der Waals surface area contributed by atoms with Gasteiger partial charge in [0.1, 0.15) is 0 Å². The largest absolute Gasteiger partial charge is 0.493 e. The summed E-state index contributed by atoms with van der Waals surface area (Å²) in [6.07, 6.45) is 3.92. The minimum atomic E-state index is 0.366. The lowest BCUT2D eigenvalue weighted by Gasteiger charge is -2.14. The molecular formula is C19H18N2O4. The van der Waals surface area contributed by atoms with Gasteiger partial charge in [0.2, 0.25) is 0 Å². The number of nitriles is 2. The molecule has 0 aliphatic rings. The molecule has 0 saturated heterocycles. The molecule has 2 aromatic rings. The molecule has 0 heterocycles. The monoisotopic (exact) mass is 338 g/mol. The van der Waals surface area contributed by atoms with Crippen LogP contribution in [0, 0.1) is 36.9 Å². The van der Waals surface area contributed by atoms with Gasteiger partial charge in [0, 0.05) is 0 Å². The molecule has 2 rings (SSSR count). The van der Waals surface area contributed by atoms with Crippen molar-refractivity contribution in [3.63, 3.8) is 0 Å². The molecule has 6 heteroatoms. The van der Waals surface area contributed by atoms with Gasteiger partial charge in [0.15, 0.2) is 23.0 Å². The second-order valence-corrected chi connectivity index (χ2v) is 5.42. The van der Waals surface area contributed by atoms with Crippen LogP contribution in [-0.2, 0) is 6.42 Å². The second kappa shape index (κ2) is 7.94. The van der Waals surface area contributed by atoms with Gasteiger partial charge in [-0.25, -0.2) is 0 Å². The lowest BCUT2D eigenvalue weighted by atomic mass is 9.96. The second-order valence-electron chi connectivity index (χ2n) is 5.42. The SMILES string of the molecule is COc1cc(C)c(Cc2cc(OC#N)c(OC)cc2C)cc1OC#N. The Morgan fingerprint density at radius 2 is 1.12 bits per heavy atom. The molecule has 0 saturated carbocycles. The third-order valence-corrected chi connectivity index (χ3v) is 3.94. The number of hydrogen-bond acceptors (Lipinski definition) is 6. The number of nitrogens with zero attached hydrogens (tertiary/aromatic N) is 2. The Balaban J connectivity index is 2.46. The predicted octanol–water partition coefficient (Wildman–Crippen LogP) is 3.63. The smallest absolute Gasteiger partial charge is 0.292 e. The molecule has 0 atom stereocenters. The zero-order valence-corrected chi connectivity index (χ0v) is 14.5. The van der Waals surface area contributed by atoms with Crippen LogP contribution in [-0.4, -0.2) is 14.2 Å². The summed E-state index contributed by atoms with van der Waals surface area (Å²) < 4.78 is 20.4. The molecular weight excluding hydrogens is 320 g/mol. The molecule has 0 unspecified atom stereocenters. The maximum absolute atomic E-state index is 8.80. The molecule has 2 aromatic carbocycles. The van der Waals surface area contributed by atoms with E-state index < -0.39 is 0 Å². The normalized spacial score (nSPS) is 9.68. The fourth-order valence-corrected chi connectivity index (χ4v) is 2.57. The molecule has 0 spiro atoms. The molecule has 128 valence electrons. The summed E-state index contributed by atoms with van der Waals surface area (Å²) in [7, 11) is 3.05. The van der Waals surface area contributed by atoms with Crippen molar-refractivity contribution in [2.45, 2.75) is 20.3 Å². The van der Waals surface area contributed by atoms with E-state index in [-0.39, 0.29) is 0 Å². The van der Waals surface area contributed by atoms with Gasteiger partial charge in [0.25, 0.3) is 12.5 Å². The summed E-state index contributed by atoms with van der Waals surface area (Å²) in [5.74, 6) is 1.74. The average Bonchev–Trinajstić information content (AvgIpc) is 2.60. The maximum Gasteiger partial charge on any atom is 0.292 e. The summed E-state index contributed by atoms with van der Waals surface area (Å²) in [6, 6.07) is 7.22. The lowest BCUT2D eigenvalue weighted by molar-refractivity contribution is 0.383. The van der Waals surface area contributed by atoms with E-state index in [0.29, 0.717) is 29.4 Å². The van der Waals surface area contributed by atoms with Crippen LogP contribution in [0.1, 0.15) is 22.3 Å². The summed E-state index contributed by atoms with van der Waals surface area (Å²) >= 11 is 0. The van der Waals surface area contributed by atoms with Crippen LogP contribution in [0.5, 0.6) is 23.0 Å². The van der Waals surface area contributed by atoms with E-state index in [1.807, 2.05) is 26.0 Å². The van der Waals surface area contributed by atoms with Crippen LogP contribution < -0.4 is 18.9 Å². The van der Waals surface area contributed by atoms with Crippen molar-refractivity contribution in [2.24, 2.45) is 0 Å². The minimum absolute atomic E-state index is 0.366. The molecule has 0 amide bonds. The zero-order valence-electron chi connectivity index (χ0n) is 14.5. The average molecular weight is 338 g/mol. The first-order chi connectivity index (χ1) is 12.0. The van der Waals surface area contributed by atoms with E-state index >= 15 is 0 Å². The number of rotatable bonds is 6. The number of methoxy groups -OCH3 is 2. The van der Waals surface area contributed by atoms with Gasteiger partial charge in [-0.15, -0.1) is 10.5 Å². The summed E-state index contributed by atoms with van der Waals surface area (Å²) in [6.45, 7) is 3.92. The highest BCUT2D eigenvalue weighted by Crippen LogP contribution is 2.35. The standard InChI is InChI=1S/C19H18N2O4/c1-12-5-16(22-3)18(24-10-20)8-14(12)7-15-9-19(25-11-21)17(23-4)6-13(15)2/h5-6,8-9H,7H2,1-4H3. The molecule has 0 aromatic heterocycles. The third-order valence-electron chi connectivity index (χ3n) is 3.94. The number of hydrogen-bond donors (Lipinski definition) is 0. The Hall–Kier alpha value is -3.38. The number of benzene rings is 2. The lowest BCUT2D eigenvalue weighted by Crippen LogP contribution is -2.00. The first-order valence-corrected chi connectivity index (χ1v) is 7.50. The summed E-state index contributed by atoms with van der Waals surface area (Å²) in [4.78, 5) is 0. The molecule has 25 heavy (non-hydrogen) atoms. The van der Waals surface area contributed by atoms with Gasteiger partial charge in [-0.1, -0.05) is 0 Å². The fourth-order valence-electron chi connectivity index (χ4n) is 2.57. The van der Waals surface area contributed by atoms with E-state index in [9.17, 15) is 0 Å². The van der Waals surface area contributed by atoms with Gasteiger partial charge in [-0.3, -0.25) is 0 Å². The van der Waals surface area contributed by atoms with Crippen LogP contribution >= 0.6 is 0 Å². The zero-order chi connectivity index (χ0) is 18.4.